The standard InChI is InChI=1S/C20H22FN5/c1-20(8-3-4-9-20)26-15-7-10-22-19(15)23-12-17(26)18-14-6-5-13(21)11-16(14)25(2)24-18/h5-7,10-12,17,22H,3-4,8-9H2,1-2H3. The van der Waals surface area contributed by atoms with Crippen LogP contribution in [0.2, 0.25) is 0 Å². The number of aromatic amines is 1. The van der Waals surface area contributed by atoms with Gasteiger partial charge >= 0.3 is 0 Å². The molecule has 1 saturated carbocycles. The summed E-state index contributed by atoms with van der Waals surface area (Å²) in [5.41, 5.74) is 2.94. The molecular formula is C20H22FN5. The lowest BCUT2D eigenvalue weighted by Gasteiger charge is -2.45. The summed E-state index contributed by atoms with van der Waals surface area (Å²) in [7, 11) is 1.87. The van der Waals surface area contributed by atoms with Crippen molar-refractivity contribution in [2.75, 3.05) is 4.90 Å². The van der Waals surface area contributed by atoms with E-state index in [2.05, 4.69) is 27.9 Å². The zero-order chi connectivity index (χ0) is 17.9. The van der Waals surface area contributed by atoms with Gasteiger partial charge in [0.25, 0.3) is 0 Å². The van der Waals surface area contributed by atoms with Crippen molar-refractivity contribution >= 4 is 28.6 Å². The maximum atomic E-state index is 13.7. The Morgan fingerprint density at radius 2 is 2.04 bits per heavy atom. The number of aromatic nitrogens is 3. The molecule has 1 fully saturated rings. The zero-order valence-electron chi connectivity index (χ0n) is 15.0. The molecule has 134 valence electrons. The minimum absolute atomic E-state index is 0.0597. The third kappa shape index (κ3) is 2.14. The van der Waals surface area contributed by atoms with Crippen molar-refractivity contribution in [2.24, 2.45) is 12.0 Å². The third-order valence-corrected chi connectivity index (χ3v) is 5.97. The zero-order valence-corrected chi connectivity index (χ0v) is 15.0. The second-order valence-corrected chi connectivity index (χ2v) is 7.68. The van der Waals surface area contributed by atoms with Crippen LogP contribution >= 0.6 is 0 Å². The van der Waals surface area contributed by atoms with Gasteiger partial charge in [-0.1, -0.05) is 12.8 Å². The number of aryl methyl sites for hydroxylation is 1. The van der Waals surface area contributed by atoms with Crippen LogP contribution in [0.3, 0.4) is 0 Å². The Bertz CT molecular complexity index is 1010. The molecule has 26 heavy (non-hydrogen) atoms. The smallest absolute Gasteiger partial charge is 0.153 e. The highest BCUT2D eigenvalue weighted by Crippen LogP contribution is 2.48. The van der Waals surface area contributed by atoms with Crippen LogP contribution in [0.15, 0.2) is 35.5 Å². The van der Waals surface area contributed by atoms with E-state index in [4.69, 9.17) is 5.10 Å². The Labute approximate surface area is 151 Å². The highest BCUT2D eigenvalue weighted by atomic mass is 19.1. The first-order valence-electron chi connectivity index (χ1n) is 9.20. The lowest BCUT2D eigenvalue weighted by Crippen LogP contribution is -2.48. The molecular weight excluding hydrogens is 329 g/mol. The summed E-state index contributed by atoms with van der Waals surface area (Å²) in [5, 5.41) is 5.75. The molecule has 1 aromatic carbocycles. The molecule has 5 nitrogen and oxygen atoms in total. The van der Waals surface area contributed by atoms with Crippen LogP contribution in [0.25, 0.3) is 10.9 Å². The van der Waals surface area contributed by atoms with Crippen LogP contribution < -0.4 is 4.90 Å². The first kappa shape index (κ1) is 15.6. The molecule has 0 saturated heterocycles. The van der Waals surface area contributed by atoms with Crippen LogP contribution in [-0.4, -0.2) is 26.5 Å². The van der Waals surface area contributed by atoms with Crippen molar-refractivity contribution in [3.05, 3.63) is 42.0 Å². The van der Waals surface area contributed by atoms with E-state index in [0.717, 1.165) is 40.9 Å². The first-order chi connectivity index (χ1) is 12.6. The summed E-state index contributed by atoms with van der Waals surface area (Å²) in [4.78, 5) is 10.4. The van der Waals surface area contributed by atoms with Crippen molar-refractivity contribution < 1.29 is 4.39 Å². The summed E-state index contributed by atoms with van der Waals surface area (Å²) in [6, 6.07) is 6.94. The molecule has 0 radical (unpaired) electrons. The maximum Gasteiger partial charge on any atom is 0.153 e. The van der Waals surface area contributed by atoms with E-state index in [1.807, 2.05) is 25.5 Å². The SMILES string of the molecule is Cn1nc(C2C=Nc3[nH]ccc3N2C2(C)CCCC2)c2ccc(F)cc21. The average Bonchev–Trinajstić information content (AvgIpc) is 3.34. The van der Waals surface area contributed by atoms with E-state index in [-0.39, 0.29) is 17.4 Å². The normalized spacial score (nSPS) is 21.5. The van der Waals surface area contributed by atoms with Gasteiger partial charge in [-0.2, -0.15) is 5.10 Å². The van der Waals surface area contributed by atoms with E-state index < -0.39 is 0 Å². The van der Waals surface area contributed by atoms with Gasteiger partial charge in [0.1, 0.15) is 11.9 Å². The number of halogens is 1. The number of hydrogen-bond donors (Lipinski definition) is 1. The maximum absolute atomic E-state index is 13.7. The molecule has 6 heteroatoms. The number of benzene rings is 1. The number of rotatable bonds is 2. The number of H-pyrrole nitrogens is 1. The summed E-state index contributed by atoms with van der Waals surface area (Å²) in [5.74, 6) is 0.664. The van der Waals surface area contributed by atoms with Crippen molar-refractivity contribution in [3.8, 4) is 0 Å². The van der Waals surface area contributed by atoms with Crippen LogP contribution in [0.4, 0.5) is 15.9 Å². The molecule has 0 bridgehead atoms. The van der Waals surface area contributed by atoms with Crippen molar-refractivity contribution in [2.45, 2.75) is 44.2 Å². The number of nitrogens with one attached hydrogen (secondary N) is 1. The van der Waals surface area contributed by atoms with Gasteiger partial charge in [-0.05, 0) is 44.0 Å². The monoisotopic (exact) mass is 351 g/mol. The van der Waals surface area contributed by atoms with Crippen molar-refractivity contribution in [3.63, 3.8) is 0 Å². The molecule has 0 amide bonds. The van der Waals surface area contributed by atoms with E-state index >= 15 is 0 Å². The molecule has 1 unspecified atom stereocenters. The summed E-state index contributed by atoms with van der Waals surface area (Å²) >= 11 is 0. The lowest BCUT2D eigenvalue weighted by molar-refractivity contribution is 0.416. The molecule has 2 aromatic heterocycles. The van der Waals surface area contributed by atoms with Gasteiger partial charge in [-0.15, -0.1) is 0 Å². The second kappa shape index (κ2) is 5.43. The van der Waals surface area contributed by atoms with Crippen molar-refractivity contribution in [1.29, 1.82) is 0 Å². The van der Waals surface area contributed by atoms with E-state index in [1.54, 1.807) is 10.7 Å². The minimum atomic E-state index is -0.239. The molecule has 1 N–H and O–H groups in total. The summed E-state index contributed by atoms with van der Waals surface area (Å²) in [6.45, 7) is 2.34. The Hall–Kier alpha value is -2.63. The molecule has 3 heterocycles. The molecule has 3 aromatic rings. The van der Waals surface area contributed by atoms with E-state index in [0.29, 0.717) is 0 Å². The Morgan fingerprint density at radius 3 is 2.85 bits per heavy atom. The van der Waals surface area contributed by atoms with Crippen LogP contribution in [0.1, 0.15) is 44.3 Å². The van der Waals surface area contributed by atoms with Gasteiger partial charge < -0.3 is 9.88 Å². The predicted octanol–water partition coefficient (Wildman–Crippen LogP) is 4.64. The molecule has 1 aliphatic carbocycles. The van der Waals surface area contributed by atoms with Crippen LogP contribution in [-0.2, 0) is 7.05 Å². The number of nitrogens with zero attached hydrogens (tertiary/aromatic N) is 4. The van der Waals surface area contributed by atoms with Crippen LogP contribution in [0.5, 0.6) is 0 Å². The molecule has 1 aliphatic heterocycles. The molecule has 0 spiro atoms. The number of hydrogen-bond acceptors (Lipinski definition) is 3. The Morgan fingerprint density at radius 1 is 1.23 bits per heavy atom. The fraction of sp³-hybridized carbons (Fsp3) is 0.400. The van der Waals surface area contributed by atoms with Gasteiger partial charge in [0.2, 0.25) is 0 Å². The van der Waals surface area contributed by atoms with E-state index in [9.17, 15) is 4.39 Å². The molecule has 5 rings (SSSR count). The van der Waals surface area contributed by atoms with Crippen molar-refractivity contribution in [1.82, 2.24) is 14.8 Å². The van der Waals surface area contributed by atoms with Gasteiger partial charge in [0, 0.05) is 30.4 Å². The second-order valence-electron chi connectivity index (χ2n) is 7.68. The summed E-state index contributed by atoms with van der Waals surface area (Å²) in [6.07, 6.45) is 8.72. The average molecular weight is 351 g/mol. The van der Waals surface area contributed by atoms with Gasteiger partial charge in [0.15, 0.2) is 5.82 Å². The van der Waals surface area contributed by atoms with Gasteiger partial charge in [0.05, 0.1) is 16.9 Å². The third-order valence-electron chi connectivity index (χ3n) is 5.97. The number of fused-ring (bicyclic) bond motifs is 2. The fourth-order valence-electron chi connectivity index (χ4n) is 4.69. The lowest BCUT2D eigenvalue weighted by atomic mass is 9.92. The first-order valence-corrected chi connectivity index (χ1v) is 9.20. The van der Waals surface area contributed by atoms with Gasteiger partial charge in [-0.3, -0.25) is 4.68 Å². The quantitative estimate of drug-likeness (QED) is 0.731. The van der Waals surface area contributed by atoms with E-state index in [1.165, 1.54) is 18.9 Å². The predicted molar refractivity (Wildman–Crippen MR) is 102 cm³/mol. The Balaban J connectivity index is 1.70. The topological polar surface area (TPSA) is 49.2 Å². The van der Waals surface area contributed by atoms with Gasteiger partial charge in [-0.25, -0.2) is 9.38 Å². The highest BCUT2D eigenvalue weighted by Gasteiger charge is 2.42. The van der Waals surface area contributed by atoms with Crippen LogP contribution in [0, 0.1) is 5.82 Å². The molecule has 1 atom stereocenters. The number of aliphatic imine (C=N–C) groups is 1. The number of anilines is 1. The fourth-order valence-corrected chi connectivity index (χ4v) is 4.69. The minimum Gasteiger partial charge on any atom is -0.349 e. The highest BCUT2D eigenvalue weighted by molar-refractivity contribution is 5.91. The largest absolute Gasteiger partial charge is 0.349 e. The summed E-state index contributed by atoms with van der Waals surface area (Å²) < 4.78 is 15.5. The molecule has 2 aliphatic rings. The Kier molecular flexibility index (Phi) is 3.26.